The van der Waals surface area contributed by atoms with Crippen molar-refractivity contribution in [3.05, 3.63) is 59.7 Å². The van der Waals surface area contributed by atoms with Crippen molar-refractivity contribution < 1.29 is 28.9 Å². The normalized spacial score (nSPS) is 16.6. The Morgan fingerprint density at radius 3 is 2.30 bits per heavy atom. The van der Waals surface area contributed by atoms with Crippen molar-refractivity contribution in [1.29, 1.82) is 0 Å². The maximum atomic E-state index is 12.4. The van der Waals surface area contributed by atoms with Crippen LogP contribution in [-0.2, 0) is 19.0 Å². The number of nitrogens with zero attached hydrogens (tertiary/aromatic N) is 1. The van der Waals surface area contributed by atoms with Crippen LogP contribution in [0.1, 0.15) is 23.5 Å². The molecule has 0 aromatic heterocycles. The molecule has 0 saturated carbocycles. The largest absolute Gasteiger partial charge is 0.480 e. The summed E-state index contributed by atoms with van der Waals surface area (Å²) in [5.74, 6) is -1.18. The second-order valence-electron chi connectivity index (χ2n) is 8.22. The van der Waals surface area contributed by atoms with Gasteiger partial charge in [-0.05, 0) is 22.3 Å². The summed E-state index contributed by atoms with van der Waals surface area (Å²) in [6, 6.07) is 15.1. The molecule has 4 rings (SSSR count). The number of nitrogens with one attached hydrogen (secondary N) is 1. The second-order valence-corrected chi connectivity index (χ2v) is 8.22. The van der Waals surface area contributed by atoms with E-state index in [-0.39, 0.29) is 25.6 Å². The van der Waals surface area contributed by atoms with Gasteiger partial charge in [0.1, 0.15) is 12.6 Å². The molecule has 0 unspecified atom stereocenters. The lowest BCUT2D eigenvalue weighted by Gasteiger charge is -2.26. The Kier molecular flexibility index (Phi) is 7.93. The first kappa shape index (κ1) is 23.2. The molecule has 1 saturated heterocycles. The van der Waals surface area contributed by atoms with Gasteiger partial charge in [-0.15, -0.1) is 0 Å². The summed E-state index contributed by atoms with van der Waals surface area (Å²) in [4.78, 5) is 26.2. The van der Waals surface area contributed by atoms with Crippen LogP contribution >= 0.6 is 0 Å². The van der Waals surface area contributed by atoms with Gasteiger partial charge in [0.25, 0.3) is 0 Å². The first-order valence-corrected chi connectivity index (χ1v) is 11.4. The van der Waals surface area contributed by atoms with Gasteiger partial charge in [-0.1, -0.05) is 48.5 Å². The van der Waals surface area contributed by atoms with Crippen LogP contribution < -0.4 is 5.32 Å². The topological polar surface area (TPSA) is 97.3 Å². The average Bonchev–Trinajstić information content (AvgIpc) is 3.16. The van der Waals surface area contributed by atoms with Crippen molar-refractivity contribution in [1.82, 2.24) is 10.2 Å². The Bertz CT molecular complexity index is 914. The number of hydrogen-bond donors (Lipinski definition) is 2. The Morgan fingerprint density at radius 1 is 1.03 bits per heavy atom. The Hall–Kier alpha value is -2.94. The number of carboxylic acid groups (broad SMARTS) is 1. The van der Waals surface area contributed by atoms with Gasteiger partial charge < -0.3 is 24.6 Å². The summed E-state index contributed by atoms with van der Waals surface area (Å²) < 4.78 is 16.3. The highest BCUT2D eigenvalue weighted by molar-refractivity contribution is 5.81. The summed E-state index contributed by atoms with van der Waals surface area (Å²) in [6.07, 6.45) is -0.569. The number of amides is 1. The fourth-order valence-corrected chi connectivity index (χ4v) is 4.36. The van der Waals surface area contributed by atoms with E-state index in [0.717, 1.165) is 55.1 Å². The van der Waals surface area contributed by atoms with Crippen molar-refractivity contribution in [3.63, 3.8) is 0 Å². The van der Waals surface area contributed by atoms with E-state index in [4.69, 9.17) is 14.2 Å². The van der Waals surface area contributed by atoms with Gasteiger partial charge in [0.05, 0.1) is 19.8 Å². The number of carbonyl (C=O) groups excluding carboxylic acids is 1. The lowest BCUT2D eigenvalue weighted by molar-refractivity contribution is -0.139. The van der Waals surface area contributed by atoms with E-state index in [1.54, 1.807) is 0 Å². The fourth-order valence-electron chi connectivity index (χ4n) is 4.36. The molecule has 2 aromatic rings. The lowest BCUT2D eigenvalue weighted by Crippen LogP contribution is -2.42. The number of carboxylic acids is 1. The van der Waals surface area contributed by atoms with Gasteiger partial charge in [-0.2, -0.15) is 0 Å². The summed E-state index contributed by atoms with van der Waals surface area (Å²) in [7, 11) is 0. The van der Waals surface area contributed by atoms with Crippen molar-refractivity contribution in [2.45, 2.75) is 18.4 Å². The molecule has 176 valence electrons. The molecule has 8 nitrogen and oxygen atoms in total. The fraction of sp³-hybridized carbons (Fsp3) is 0.440. The van der Waals surface area contributed by atoms with E-state index in [2.05, 4.69) is 22.3 Å². The van der Waals surface area contributed by atoms with Crippen LogP contribution in [0.2, 0.25) is 0 Å². The molecule has 0 radical (unpaired) electrons. The minimum atomic E-state index is -1.11. The molecule has 2 N–H and O–H groups in total. The van der Waals surface area contributed by atoms with Crippen LogP contribution in [0.4, 0.5) is 4.79 Å². The molecule has 0 bridgehead atoms. The first-order chi connectivity index (χ1) is 16.1. The third-order valence-corrected chi connectivity index (χ3v) is 6.14. The van der Waals surface area contributed by atoms with Crippen LogP contribution in [0, 0.1) is 0 Å². The van der Waals surface area contributed by atoms with Crippen LogP contribution in [-0.4, -0.2) is 80.8 Å². The molecular formula is C25H30N2O6. The molecule has 33 heavy (non-hydrogen) atoms. The third kappa shape index (κ3) is 5.90. The number of alkyl carbamates (subject to hydrolysis) is 1. The van der Waals surface area contributed by atoms with Crippen molar-refractivity contribution in [2.75, 3.05) is 52.7 Å². The lowest BCUT2D eigenvalue weighted by atomic mass is 9.98. The molecule has 1 atom stereocenters. The average molecular weight is 455 g/mol. The van der Waals surface area contributed by atoms with Crippen LogP contribution in [0.5, 0.6) is 0 Å². The van der Waals surface area contributed by atoms with E-state index in [0.29, 0.717) is 6.61 Å². The van der Waals surface area contributed by atoms with E-state index < -0.39 is 18.1 Å². The standard InChI is InChI=1S/C25H30N2O6/c28-24(29)23(9-13-31-14-10-27-11-15-32-16-12-27)26-25(30)33-17-22-20-7-3-1-5-18(20)19-6-2-4-8-21(19)22/h1-8,22-23H,9-17H2,(H,26,30)(H,28,29)/t23-/m0/s1. The first-order valence-electron chi connectivity index (χ1n) is 11.4. The highest BCUT2D eigenvalue weighted by Gasteiger charge is 2.29. The highest BCUT2D eigenvalue weighted by Crippen LogP contribution is 2.44. The zero-order valence-electron chi connectivity index (χ0n) is 18.6. The monoisotopic (exact) mass is 454 g/mol. The molecule has 2 aromatic carbocycles. The molecule has 1 aliphatic heterocycles. The number of benzene rings is 2. The van der Waals surface area contributed by atoms with E-state index in [1.165, 1.54) is 0 Å². The minimum absolute atomic E-state index is 0.0741. The van der Waals surface area contributed by atoms with E-state index in [1.807, 2.05) is 36.4 Å². The van der Waals surface area contributed by atoms with Gasteiger partial charge in [-0.25, -0.2) is 9.59 Å². The quantitative estimate of drug-likeness (QED) is 0.533. The predicted octanol–water partition coefficient (Wildman–Crippen LogP) is 2.72. The van der Waals surface area contributed by atoms with Gasteiger partial charge in [-0.3, -0.25) is 4.90 Å². The molecule has 2 aliphatic rings. The van der Waals surface area contributed by atoms with Gasteiger partial charge in [0, 0.05) is 38.6 Å². The second kappa shape index (κ2) is 11.3. The number of hydrogen-bond acceptors (Lipinski definition) is 6. The summed E-state index contributed by atoms with van der Waals surface area (Å²) >= 11 is 0. The molecule has 8 heteroatoms. The smallest absolute Gasteiger partial charge is 0.407 e. The third-order valence-electron chi connectivity index (χ3n) is 6.14. The molecule has 1 amide bonds. The molecular weight excluding hydrogens is 424 g/mol. The summed E-state index contributed by atoms with van der Waals surface area (Å²) in [5, 5.41) is 11.9. The maximum absolute atomic E-state index is 12.4. The SMILES string of the molecule is O=C(N[C@@H](CCOCCN1CCOCC1)C(=O)O)OCC1c2ccccc2-c2ccccc21. The number of rotatable bonds is 10. The molecule has 1 aliphatic carbocycles. The molecule has 1 fully saturated rings. The van der Waals surface area contributed by atoms with Crippen LogP contribution in [0.15, 0.2) is 48.5 Å². The zero-order valence-corrected chi connectivity index (χ0v) is 18.6. The number of carbonyl (C=O) groups is 2. The van der Waals surface area contributed by atoms with Gasteiger partial charge >= 0.3 is 12.1 Å². The number of morpholine rings is 1. The van der Waals surface area contributed by atoms with Gasteiger partial charge in [0.2, 0.25) is 0 Å². The Morgan fingerprint density at radius 2 is 1.67 bits per heavy atom. The number of fused-ring (bicyclic) bond motifs is 3. The van der Waals surface area contributed by atoms with Crippen LogP contribution in [0.3, 0.4) is 0 Å². The predicted molar refractivity (Wildman–Crippen MR) is 122 cm³/mol. The summed E-state index contributed by atoms with van der Waals surface area (Å²) in [6.45, 7) is 4.89. The van der Waals surface area contributed by atoms with Gasteiger partial charge in [0.15, 0.2) is 0 Å². The van der Waals surface area contributed by atoms with E-state index in [9.17, 15) is 14.7 Å². The highest BCUT2D eigenvalue weighted by atomic mass is 16.5. The van der Waals surface area contributed by atoms with Crippen LogP contribution in [0.25, 0.3) is 11.1 Å². The number of ether oxygens (including phenoxy) is 3. The van der Waals surface area contributed by atoms with E-state index >= 15 is 0 Å². The Balaban J connectivity index is 1.23. The Labute approximate surface area is 193 Å². The minimum Gasteiger partial charge on any atom is -0.480 e. The van der Waals surface area contributed by atoms with Crippen molar-refractivity contribution in [3.8, 4) is 11.1 Å². The number of aliphatic carboxylic acids is 1. The summed E-state index contributed by atoms with van der Waals surface area (Å²) in [5.41, 5.74) is 4.49. The molecule has 0 spiro atoms. The van der Waals surface area contributed by atoms with Crippen molar-refractivity contribution in [2.24, 2.45) is 0 Å². The zero-order chi connectivity index (χ0) is 23.0. The molecule has 1 heterocycles. The maximum Gasteiger partial charge on any atom is 0.407 e. The van der Waals surface area contributed by atoms with Crippen molar-refractivity contribution >= 4 is 12.1 Å².